The van der Waals surface area contributed by atoms with E-state index >= 15 is 0 Å². The van der Waals surface area contributed by atoms with E-state index in [0.717, 1.165) is 99.9 Å². The van der Waals surface area contributed by atoms with Crippen LogP contribution in [0.1, 0.15) is 55.6 Å². The van der Waals surface area contributed by atoms with E-state index in [9.17, 15) is 0 Å². The van der Waals surface area contributed by atoms with Crippen LogP contribution in [0.5, 0.6) is 0 Å². The lowest BCUT2D eigenvalue weighted by molar-refractivity contribution is 0.665. The zero-order valence-electron chi connectivity index (χ0n) is 48.7. The molecule has 1 aliphatic heterocycles. The van der Waals surface area contributed by atoms with Crippen LogP contribution in [0, 0.1) is 41.5 Å². The minimum absolute atomic E-state index is 0.855. The SMILES string of the molecule is Cc1ccc(N(c2cc3c(c4ccccc24)-c2c(cc(N(c4ccc(C)cc4C)c4cccc5c4oc4c(C)cccc45)c4ccccc24)C32c3ccccc3-n3c4ccccc4c4cccc2c43)c2cccc3c2oc2c(C)cccc23)c(C)c1. The number of aryl methyl sites for hydroxylation is 6. The lowest BCUT2D eigenvalue weighted by atomic mass is 9.65. The van der Waals surface area contributed by atoms with Crippen LogP contribution in [-0.4, -0.2) is 4.57 Å². The van der Waals surface area contributed by atoms with Gasteiger partial charge in [-0.3, -0.25) is 0 Å². The monoisotopic (exact) mass is 1100 g/mol. The van der Waals surface area contributed by atoms with Crippen molar-refractivity contribution in [2.45, 2.75) is 47.0 Å². The van der Waals surface area contributed by atoms with E-state index in [1.807, 2.05) is 0 Å². The predicted octanol–water partition coefficient (Wildman–Crippen LogP) is 22.4. The maximum Gasteiger partial charge on any atom is 0.159 e. The second-order valence-electron chi connectivity index (χ2n) is 24.2. The average molecular weight is 1100 g/mol. The van der Waals surface area contributed by atoms with E-state index in [-0.39, 0.29) is 0 Å². The van der Waals surface area contributed by atoms with Gasteiger partial charge in [-0.25, -0.2) is 0 Å². The summed E-state index contributed by atoms with van der Waals surface area (Å²) in [7, 11) is 0. The number of fused-ring (bicyclic) bond motifs is 22. The molecule has 5 heteroatoms. The molecule has 408 valence electrons. The van der Waals surface area contributed by atoms with Gasteiger partial charge in [0.1, 0.15) is 11.2 Å². The Morgan fingerprint density at radius 3 is 1.24 bits per heavy atom. The van der Waals surface area contributed by atoms with Gasteiger partial charge in [0, 0.05) is 54.5 Å². The van der Waals surface area contributed by atoms with Crippen LogP contribution in [-0.2, 0) is 5.41 Å². The second kappa shape index (κ2) is 17.7. The summed E-state index contributed by atoms with van der Waals surface area (Å²) in [6.07, 6.45) is 0. The number of anilines is 6. The van der Waals surface area contributed by atoms with Crippen molar-refractivity contribution in [1.82, 2.24) is 4.57 Å². The van der Waals surface area contributed by atoms with Gasteiger partial charge in [-0.05, 0) is 156 Å². The number of nitrogens with zero attached hydrogens (tertiary/aromatic N) is 3. The Balaban J connectivity index is 1.04. The molecule has 1 spiro atoms. The summed E-state index contributed by atoms with van der Waals surface area (Å²) in [6.45, 7) is 13.2. The summed E-state index contributed by atoms with van der Waals surface area (Å²) >= 11 is 0. The van der Waals surface area contributed by atoms with Crippen molar-refractivity contribution in [1.29, 1.82) is 0 Å². The Hall–Kier alpha value is -10.6. The molecule has 0 atom stereocenters. The molecule has 2 aliphatic rings. The molecule has 0 N–H and O–H groups in total. The summed E-state index contributed by atoms with van der Waals surface area (Å²) in [5.41, 5.74) is 26.9. The number of hydrogen-bond acceptors (Lipinski definition) is 4. The Morgan fingerprint density at radius 2 is 0.709 bits per heavy atom. The Labute approximate surface area is 497 Å². The molecule has 0 fully saturated rings. The molecule has 0 radical (unpaired) electrons. The van der Waals surface area contributed by atoms with Crippen molar-refractivity contribution in [3.05, 3.63) is 292 Å². The third-order valence-electron chi connectivity index (χ3n) is 19.3. The normalized spacial score (nSPS) is 13.1. The molecule has 0 saturated heterocycles. The van der Waals surface area contributed by atoms with E-state index in [4.69, 9.17) is 8.83 Å². The van der Waals surface area contributed by atoms with Crippen LogP contribution in [0.15, 0.2) is 245 Å². The highest BCUT2D eigenvalue weighted by Gasteiger charge is 2.53. The van der Waals surface area contributed by atoms with E-state index in [1.165, 1.54) is 93.9 Å². The molecule has 0 bridgehead atoms. The van der Waals surface area contributed by atoms with E-state index in [1.54, 1.807) is 0 Å². The summed E-state index contributed by atoms with van der Waals surface area (Å²) in [4.78, 5) is 5.03. The molecule has 0 amide bonds. The highest BCUT2D eigenvalue weighted by Crippen LogP contribution is 2.66. The van der Waals surface area contributed by atoms with Crippen LogP contribution in [0.2, 0.25) is 0 Å². The number of rotatable bonds is 6. The lowest BCUT2D eigenvalue weighted by Gasteiger charge is -2.40. The lowest BCUT2D eigenvalue weighted by Crippen LogP contribution is -2.34. The molecule has 5 nitrogen and oxygen atoms in total. The van der Waals surface area contributed by atoms with Crippen molar-refractivity contribution in [2.75, 3.05) is 9.80 Å². The number of hydrogen-bond donors (Lipinski definition) is 0. The topological polar surface area (TPSA) is 37.7 Å². The molecule has 0 saturated carbocycles. The molecule has 13 aromatic carbocycles. The fourth-order valence-electron chi connectivity index (χ4n) is 15.8. The third-order valence-corrected chi connectivity index (χ3v) is 19.3. The summed E-state index contributed by atoms with van der Waals surface area (Å²) < 4.78 is 16.9. The average Bonchev–Trinajstić information content (AvgIpc) is 1.47. The van der Waals surface area contributed by atoms with Crippen molar-refractivity contribution in [3.8, 4) is 16.8 Å². The van der Waals surface area contributed by atoms with Gasteiger partial charge in [-0.15, -0.1) is 0 Å². The fraction of sp³-hybridized carbons (Fsp3) is 0.0864. The Kier molecular flexibility index (Phi) is 10.1. The van der Waals surface area contributed by atoms with Crippen LogP contribution >= 0.6 is 0 Å². The Morgan fingerprint density at radius 1 is 0.291 bits per heavy atom. The quantitative estimate of drug-likeness (QED) is 0.166. The zero-order chi connectivity index (χ0) is 57.4. The van der Waals surface area contributed by atoms with Gasteiger partial charge in [-0.1, -0.05) is 199 Å². The second-order valence-corrected chi connectivity index (χ2v) is 24.2. The minimum atomic E-state index is -0.879. The van der Waals surface area contributed by atoms with Crippen LogP contribution in [0.25, 0.3) is 104 Å². The third kappa shape index (κ3) is 6.38. The van der Waals surface area contributed by atoms with Gasteiger partial charge in [0.15, 0.2) is 11.2 Å². The fourth-order valence-corrected chi connectivity index (χ4v) is 15.8. The number of benzene rings is 13. The molecule has 0 unspecified atom stereocenters. The van der Waals surface area contributed by atoms with Gasteiger partial charge >= 0.3 is 0 Å². The van der Waals surface area contributed by atoms with Gasteiger partial charge in [0.05, 0.1) is 44.9 Å². The first kappa shape index (κ1) is 48.9. The summed E-state index contributed by atoms with van der Waals surface area (Å²) in [6, 6.07) is 89.0. The van der Waals surface area contributed by atoms with Crippen LogP contribution in [0.4, 0.5) is 34.1 Å². The van der Waals surface area contributed by atoms with Gasteiger partial charge in [0.25, 0.3) is 0 Å². The standard InChI is InChI=1S/C81H57N3O2/c1-46-38-40-66(50(5)42-46)82(70-36-18-30-60-58-28-15-20-48(3)77(58)85-79(60)70)72-44-64-74(55-25-9-7-22-52(55)72)75-56-26-10-8-23-53(56)73(83(67-41-39-47(2)43-51(67)6)71-37-19-31-61-59-29-16-21-49(4)78(59)86-80(61)71)45-65(75)81(64)62-32-12-14-35-69(62)84-68-34-13-11-24-54(68)57-27-17-33-63(81)76(57)84/h7-45H,1-6H3. The molecule has 3 aromatic heterocycles. The molecule has 16 aromatic rings. The molecule has 18 rings (SSSR count). The first-order valence-corrected chi connectivity index (χ1v) is 30.0. The van der Waals surface area contributed by atoms with E-state index < -0.39 is 5.41 Å². The van der Waals surface area contributed by atoms with Crippen molar-refractivity contribution in [3.63, 3.8) is 0 Å². The van der Waals surface area contributed by atoms with Gasteiger partial charge < -0.3 is 23.2 Å². The molecular weight excluding hydrogens is 1050 g/mol. The number of furan rings is 2. The van der Waals surface area contributed by atoms with Crippen molar-refractivity contribution in [2.24, 2.45) is 0 Å². The van der Waals surface area contributed by atoms with E-state index in [0.29, 0.717) is 0 Å². The first-order valence-electron chi connectivity index (χ1n) is 30.0. The van der Waals surface area contributed by atoms with Gasteiger partial charge in [0.2, 0.25) is 0 Å². The minimum Gasteiger partial charge on any atom is -0.454 e. The number of para-hydroxylation sites is 7. The first-order chi connectivity index (χ1) is 42.2. The predicted molar refractivity (Wildman–Crippen MR) is 359 cm³/mol. The van der Waals surface area contributed by atoms with Crippen LogP contribution in [0.3, 0.4) is 0 Å². The molecule has 1 aliphatic carbocycles. The summed E-state index contributed by atoms with van der Waals surface area (Å²) in [5.74, 6) is 0. The largest absolute Gasteiger partial charge is 0.454 e. The maximum absolute atomic E-state index is 7.19. The molecule has 86 heavy (non-hydrogen) atoms. The highest BCUT2D eigenvalue weighted by atomic mass is 16.3. The highest BCUT2D eigenvalue weighted by molar-refractivity contribution is 6.22. The molecular formula is C81H57N3O2. The van der Waals surface area contributed by atoms with E-state index in [2.05, 4.69) is 292 Å². The zero-order valence-corrected chi connectivity index (χ0v) is 48.7. The maximum atomic E-state index is 7.19. The Bertz CT molecular complexity index is 5390. The van der Waals surface area contributed by atoms with Crippen molar-refractivity contribution >= 4 is 121 Å². The van der Waals surface area contributed by atoms with Gasteiger partial charge in [-0.2, -0.15) is 0 Å². The van der Waals surface area contributed by atoms with Crippen LogP contribution < -0.4 is 9.80 Å². The summed E-state index contributed by atoms with van der Waals surface area (Å²) in [5, 5.41) is 11.5. The molecule has 4 heterocycles. The smallest absolute Gasteiger partial charge is 0.159 e. The van der Waals surface area contributed by atoms with Crippen molar-refractivity contribution < 1.29 is 8.83 Å². The number of aromatic nitrogens is 1.